The van der Waals surface area contributed by atoms with Crippen LogP contribution in [0, 0.1) is 0 Å². The van der Waals surface area contributed by atoms with E-state index in [1.165, 1.54) is 53.9 Å². The number of aromatic nitrogens is 5. The van der Waals surface area contributed by atoms with Crippen molar-refractivity contribution in [2.24, 2.45) is 0 Å². The average Bonchev–Trinajstić information content (AvgIpc) is 3.69. The summed E-state index contributed by atoms with van der Waals surface area (Å²) in [5, 5.41) is 14.5. The molecule has 12 rings (SSSR count). The van der Waals surface area contributed by atoms with Gasteiger partial charge in [0.25, 0.3) is 0 Å². The van der Waals surface area contributed by atoms with Crippen molar-refractivity contribution >= 4 is 75.7 Å². The third-order valence-electron chi connectivity index (χ3n) is 11.4. The molecule has 0 aliphatic carbocycles. The van der Waals surface area contributed by atoms with Crippen LogP contribution in [-0.4, -0.2) is 24.5 Å². The first kappa shape index (κ1) is 31.6. The Morgan fingerprint density at radius 1 is 0.281 bits per heavy atom. The fourth-order valence-corrected chi connectivity index (χ4v) is 8.83. The van der Waals surface area contributed by atoms with Crippen LogP contribution >= 0.6 is 0 Å². The van der Waals surface area contributed by atoms with Crippen molar-refractivity contribution in [3.63, 3.8) is 0 Å². The normalized spacial score (nSPS) is 11.9. The molecule has 0 N–H and O–H groups in total. The fourth-order valence-electron chi connectivity index (χ4n) is 8.83. The Kier molecular flexibility index (Phi) is 6.86. The summed E-state index contributed by atoms with van der Waals surface area (Å²) in [7, 11) is 0. The molecule has 0 amide bonds. The molecular weight excluding hydrogens is 695 g/mol. The van der Waals surface area contributed by atoms with E-state index < -0.39 is 0 Å². The maximum atomic E-state index is 5.31. The van der Waals surface area contributed by atoms with Crippen LogP contribution in [0.5, 0.6) is 0 Å². The van der Waals surface area contributed by atoms with E-state index in [1.807, 2.05) is 36.4 Å². The predicted molar refractivity (Wildman–Crippen MR) is 236 cm³/mol. The van der Waals surface area contributed by atoms with Gasteiger partial charge in [-0.25, -0.2) is 9.97 Å². The van der Waals surface area contributed by atoms with Gasteiger partial charge in [0.1, 0.15) is 5.82 Å². The minimum atomic E-state index is 0.509. The number of imidazole rings is 1. The molecule has 5 nitrogen and oxygen atoms in total. The molecular formula is C52H31N5. The molecule has 264 valence electrons. The first-order valence-electron chi connectivity index (χ1n) is 19.2. The summed E-state index contributed by atoms with van der Waals surface area (Å²) < 4.78 is 2.08. The molecule has 0 radical (unpaired) electrons. The standard InChI is InChI=1S/C52H31N5/c1-2-14-32(15-3-1)51-53-47-24-12-13-25-48(47)57(51)52-55-49(33-26-28-43-39-20-6-4-16-35(39)37-18-8-10-22-41(37)45(43)30-33)54-50(56-52)34-27-29-44-40-21-7-5-17-36(40)38-19-9-11-23-42(38)46(44)31-34/h1-31H. The van der Waals surface area contributed by atoms with E-state index in [9.17, 15) is 0 Å². The molecule has 0 spiro atoms. The second-order valence-corrected chi connectivity index (χ2v) is 14.6. The minimum absolute atomic E-state index is 0.509. The number of hydrogen-bond donors (Lipinski definition) is 0. The van der Waals surface area contributed by atoms with Gasteiger partial charge < -0.3 is 0 Å². The summed E-state index contributed by atoms with van der Waals surface area (Å²) in [6.07, 6.45) is 0. The van der Waals surface area contributed by atoms with E-state index >= 15 is 0 Å². The summed E-state index contributed by atoms with van der Waals surface area (Å²) in [6.45, 7) is 0. The summed E-state index contributed by atoms with van der Waals surface area (Å²) in [6, 6.07) is 66.3. The van der Waals surface area contributed by atoms with Gasteiger partial charge in [0.05, 0.1) is 11.0 Å². The Morgan fingerprint density at radius 2 is 0.667 bits per heavy atom. The zero-order chi connectivity index (χ0) is 37.5. The number of hydrogen-bond acceptors (Lipinski definition) is 4. The smallest absolute Gasteiger partial charge is 0.240 e. The van der Waals surface area contributed by atoms with Crippen LogP contribution in [0.2, 0.25) is 0 Å². The van der Waals surface area contributed by atoms with Crippen molar-refractivity contribution < 1.29 is 0 Å². The molecule has 10 aromatic carbocycles. The van der Waals surface area contributed by atoms with Gasteiger partial charge in [-0.2, -0.15) is 9.97 Å². The van der Waals surface area contributed by atoms with Crippen molar-refractivity contribution in [3.8, 4) is 40.1 Å². The van der Waals surface area contributed by atoms with E-state index in [4.69, 9.17) is 19.9 Å². The Hall–Kier alpha value is -7.76. The first-order valence-corrected chi connectivity index (χ1v) is 19.2. The lowest BCUT2D eigenvalue weighted by Gasteiger charge is -2.14. The van der Waals surface area contributed by atoms with Gasteiger partial charge in [-0.15, -0.1) is 0 Å². The maximum absolute atomic E-state index is 5.31. The number of para-hydroxylation sites is 2. The van der Waals surface area contributed by atoms with Crippen LogP contribution < -0.4 is 0 Å². The zero-order valence-electron chi connectivity index (χ0n) is 30.6. The topological polar surface area (TPSA) is 56.5 Å². The van der Waals surface area contributed by atoms with E-state index in [2.05, 4.69) is 156 Å². The van der Waals surface area contributed by atoms with Crippen molar-refractivity contribution in [2.45, 2.75) is 0 Å². The summed E-state index contributed by atoms with van der Waals surface area (Å²) >= 11 is 0. The van der Waals surface area contributed by atoms with Gasteiger partial charge in [-0.1, -0.05) is 164 Å². The molecule has 0 bridgehead atoms. The van der Waals surface area contributed by atoms with E-state index in [-0.39, 0.29) is 0 Å². The van der Waals surface area contributed by atoms with Gasteiger partial charge in [-0.3, -0.25) is 4.57 Å². The molecule has 0 atom stereocenters. The van der Waals surface area contributed by atoms with Crippen molar-refractivity contribution in [2.75, 3.05) is 0 Å². The van der Waals surface area contributed by atoms with Crippen molar-refractivity contribution in [1.29, 1.82) is 0 Å². The molecule has 12 aromatic rings. The molecule has 0 unspecified atom stereocenters. The van der Waals surface area contributed by atoms with Crippen LogP contribution in [0.3, 0.4) is 0 Å². The highest BCUT2D eigenvalue weighted by Crippen LogP contribution is 2.39. The lowest BCUT2D eigenvalue weighted by Crippen LogP contribution is -2.08. The van der Waals surface area contributed by atoms with E-state index in [0.29, 0.717) is 17.6 Å². The first-order chi connectivity index (χ1) is 28.3. The molecule has 0 saturated carbocycles. The quantitative estimate of drug-likeness (QED) is 0.170. The Labute approximate surface area is 327 Å². The highest BCUT2D eigenvalue weighted by molar-refractivity contribution is 6.27. The van der Waals surface area contributed by atoms with Crippen LogP contribution in [-0.2, 0) is 0 Å². The maximum Gasteiger partial charge on any atom is 0.240 e. The highest BCUT2D eigenvalue weighted by atomic mass is 15.2. The molecule has 57 heavy (non-hydrogen) atoms. The SMILES string of the molecule is c1ccc(-c2nc3ccccc3n2-c2nc(-c3ccc4c5ccccc5c5ccccc5c4c3)nc(-c3ccc4c5ccccc5c5ccccc5c4c3)n2)cc1. The van der Waals surface area contributed by atoms with Gasteiger partial charge in [0, 0.05) is 16.7 Å². The number of rotatable bonds is 4. The van der Waals surface area contributed by atoms with Gasteiger partial charge in [0.2, 0.25) is 5.95 Å². The fraction of sp³-hybridized carbons (Fsp3) is 0. The van der Waals surface area contributed by atoms with Crippen molar-refractivity contribution in [3.05, 3.63) is 188 Å². The molecule has 0 aliphatic heterocycles. The lowest BCUT2D eigenvalue weighted by molar-refractivity contribution is 0.930. The molecule has 0 aliphatic rings. The Bertz CT molecular complexity index is 3340. The number of nitrogens with zero attached hydrogens (tertiary/aromatic N) is 5. The van der Waals surface area contributed by atoms with Crippen LogP contribution in [0.1, 0.15) is 0 Å². The largest absolute Gasteiger partial charge is 0.260 e. The lowest BCUT2D eigenvalue weighted by atomic mass is 9.93. The molecule has 5 heteroatoms. The van der Waals surface area contributed by atoms with E-state index in [1.54, 1.807) is 0 Å². The van der Waals surface area contributed by atoms with Crippen LogP contribution in [0.25, 0.3) is 116 Å². The molecule has 2 aromatic heterocycles. The second kappa shape index (κ2) is 12.4. The predicted octanol–water partition coefficient (Wildman–Crippen LogP) is 13.1. The number of fused-ring (bicyclic) bond motifs is 13. The second-order valence-electron chi connectivity index (χ2n) is 14.6. The third kappa shape index (κ3) is 4.89. The Morgan fingerprint density at radius 3 is 1.14 bits per heavy atom. The minimum Gasteiger partial charge on any atom is -0.260 e. The monoisotopic (exact) mass is 725 g/mol. The van der Waals surface area contributed by atoms with E-state index in [0.717, 1.165) is 44.3 Å². The van der Waals surface area contributed by atoms with Crippen LogP contribution in [0.4, 0.5) is 0 Å². The van der Waals surface area contributed by atoms with Crippen LogP contribution in [0.15, 0.2) is 188 Å². The van der Waals surface area contributed by atoms with Gasteiger partial charge in [0.15, 0.2) is 11.6 Å². The third-order valence-corrected chi connectivity index (χ3v) is 11.4. The van der Waals surface area contributed by atoms with Crippen molar-refractivity contribution in [1.82, 2.24) is 24.5 Å². The summed E-state index contributed by atoms with van der Waals surface area (Å²) in [4.78, 5) is 21.1. The summed E-state index contributed by atoms with van der Waals surface area (Å²) in [5.41, 5.74) is 4.59. The van der Waals surface area contributed by atoms with Gasteiger partial charge in [-0.05, 0) is 88.9 Å². The average molecular weight is 726 g/mol. The number of benzene rings is 10. The zero-order valence-corrected chi connectivity index (χ0v) is 30.6. The Balaban J connectivity index is 1.16. The molecule has 2 heterocycles. The van der Waals surface area contributed by atoms with Gasteiger partial charge >= 0.3 is 0 Å². The highest BCUT2D eigenvalue weighted by Gasteiger charge is 2.21. The summed E-state index contributed by atoms with van der Waals surface area (Å²) in [5.74, 6) is 2.46. The molecule has 0 saturated heterocycles. The molecule has 0 fully saturated rings.